The quantitative estimate of drug-likeness (QED) is 0.673. The van der Waals surface area contributed by atoms with E-state index in [1.165, 1.54) is 44.9 Å². The molecule has 3 fully saturated rings. The molecule has 0 radical (unpaired) electrons. The van der Waals surface area contributed by atoms with E-state index in [0.29, 0.717) is 12.8 Å². The Morgan fingerprint density at radius 3 is 1.68 bits per heavy atom. The Hall–Kier alpha value is -0.650. The van der Waals surface area contributed by atoms with Gasteiger partial charge in [0.2, 0.25) is 0 Å². The lowest BCUT2D eigenvalue weighted by Gasteiger charge is -2.55. The van der Waals surface area contributed by atoms with E-state index in [1.807, 2.05) is 5.06 Å². The van der Waals surface area contributed by atoms with Gasteiger partial charge in [0, 0.05) is 23.9 Å². The Bertz CT molecular complexity index is 528. The summed E-state index contributed by atoms with van der Waals surface area (Å²) in [6.07, 6.45) is 14.6. The van der Waals surface area contributed by atoms with Gasteiger partial charge in [0.15, 0.2) is 5.60 Å². The maximum absolute atomic E-state index is 13.4. The third kappa shape index (κ3) is 4.41. The SMILES string of the molecule is CON1C(C)(C)CC2(CC1(C)C)OC1(CCCCCCCCCCC1)NC2=O. The molecular formula is C23H42N2O3. The largest absolute Gasteiger partial charge is 0.339 e. The van der Waals surface area contributed by atoms with Crippen LogP contribution in [0.2, 0.25) is 0 Å². The van der Waals surface area contributed by atoms with Crippen LogP contribution in [0.25, 0.3) is 0 Å². The molecule has 0 bridgehead atoms. The average Bonchev–Trinajstić information content (AvgIpc) is 2.80. The molecule has 28 heavy (non-hydrogen) atoms. The van der Waals surface area contributed by atoms with Gasteiger partial charge >= 0.3 is 0 Å². The highest BCUT2D eigenvalue weighted by molar-refractivity contribution is 5.88. The van der Waals surface area contributed by atoms with E-state index < -0.39 is 11.3 Å². The predicted molar refractivity (Wildman–Crippen MR) is 112 cm³/mol. The molecule has 0 aromatic heterocycles. The number of piperidine rings is 1. The average molecular weight is 395 g/mol. The predicted octanol–water partition coefficient (Wildman–Crippen LogP) is 5.09. The van der Waals surface area contributed by atoms with Crippen molar-refractivity contribution in [3.05, 3.63) is 0 Å². The molecule has 2 spiro atoms. The summed E-state index contributed by atoms with van der Waals surface area (Å²) in [5.74, 6) is 0.0940. The van der Waals surface area contributed by atoms with Crippen molar-refractivity contribution in [3.63, 3.8) is 0 Å². The molecule has 1 amide bonds. The summed E-state index contributed by atoms with van der Waals surface area (Å²) in [7, 11) is 1.73. The van der Waals surface area contributed by atoms with Crippen molar-refractivity contribution in [2.24, 2.45) is 0 Å². The van der Waals surface area contributed by atoms with Gasteiger partial charge in [-0.15, -0.1) is 0 Å². The molecule has 162 valence electrons. The molecule has 0 aromatic rings. The van der Waals surface area contributed by atoms with Gasteiger partial charge in [0.05, 0.1) is 7.11 Å². The summed E-state index contributed by atoms with van der Waals surface area (Å²) in [6.45, 7) is 8.62. The van der Waals surface area contributed by atoms with Crippen LogP contribution in [0.15, 0.2) is 0 Å². The second-order valence-corrected chi connectivity index (χ2v) is 10.7. The Kier molecular flexibility index (Phi) is 6.48. The van der Waals surface area contributed by atoms with E-state index in [0.717, 1.165) is 25.7 Å². The van der Waals surface area contributed by atoms with Crippen LogP contribution < -0.4 is 5.32 Å². The highest BCUT2D eigenvalue weighted by atomic mass is 16.7. The first-order valence-corrected chi connectivity index (χ1v) is 11.5. The van der Waals surface area contributed by atoms with Crippen LogP contribution in [0.1, 0.15) is 111 Å². The van der Waals surface area contributed by atoms with Gasteiger partial charge in [0.1, 0.15) is 5.72 Å². The van der Waals surface area contributed by atoms with Gasteiger partial charge in [-0.2, -0.15) is 5.06 Å². The van der Waals surface area contributed by atoms with Gasteiger partial charge in [-0.05, 0) is 53.4 Å². The van der Waals surface area contributed by atoms with Gasteiger partial charge < -0.3 is 14.9 Å². The van der Waals surface area contributed by atoms with Gasteiger partial charge in [0.25, 0.3) is 5.91 Å². The molecule has 2 saturated heterocycles. The zero-order valence-electron chi connectivity index (χ0n) is 18.9. The molecule has 2 aliphatic heterocycles. The van der Waals surface area contributed by atoms with Crippen LogP contribution in [0.4, 0.5) is 0 Å². The molecule has 0 atom stereocenters. The van der Waals surface area contributed by atoms with Crippen LogP contribution >= 0.6 is 0 Å². The standard InChI is InChI=1S/C23H42N2O3/c1-20(2)17-22(18-21(3,4)25(20)27-5)19(26)24-23(28-22)15-13-11-9-7-6-8-10-12-14-16-23/h6-18H2,1-5H3,(H,24,26). The number of ether oxygens (including phenoxy) is 1. The summed E-state index contributed by atoms with van der Waals surface area (Å²) in [6, 6.07) is 0. The highest BCUT2D eigenvalue weighted by Gasteiger charge is 2.63. The third-order valence-electron chi connectivity index (χ3n) is 7.03. The normalized spacial score (nSPS) is 30.5. The van der Waals surface area contributed by atoms with Crippen molar-refractivity contribution < 1.29 is 14.4 Å². The zero-order chi connectivity index (χ0) is 20.5. The highest BCUT2D eigenvalue weighted by Crippen LogP contribution is 2.50. The fourth-order valence-electron chi connectivity index (χ4n) is 6.33. The first kappa shape index (κ1) is 22.0. The minimum Gasteiger partial charge on any atom is -0.339 e. The summed E-state index contributed by atoms with van der Waals surface area (Å²) in [5.41, 5.74) is -1.77. The molecule has 1 saturated carbocycles. The van der Waals surface area contributed by atoms with E-state index in [9.17, 15) is 4.79 Å². The Morgan fingerprint density at radius 1 is 0.821 bits per heavy atom. The van der Waals surface area contributed by atoms with Crippen molar-refractivity contribution in [2.75, 3.05) is 7.11 Å². The molecule has 3 rings (SSSR count). The topological polar surface area (TPSA) is 50.8 Å². The van der Waals surface area contributed by atoms with E-state index in [-0.39, 0.29) is 17.0 Å². The van der Waals surface area contributed by atoms with E-state index in [1.54, 1.807) is 7.11 Å². The fraction of sp³-hybridized carbons (Fsp3) is 0.957. The number of nitrogens with one attached hydrogen (secondary N) is 1. The molecule has 5 heteroatoms. The van der Waals surface area contributed by atoms with Gasteiger partial charge in [-0.25, -0.2) is 0 Å². The number of hydrogen-bond acceptors (Lipinski definition) is 4. The van der Waals surface area contributed by atoms with Crippen molar-refractivity contribution >= 4 is 5.91 Å². The van der Waals surface area contributed by atoms with Gasteiger partial charge in [-0.1, -0.05) is 44.9 Å². The van der Waals surface area contributed by atoms with Crippen LogP contribution in [0.3, 0.4) is 0 Å². The number of nitrogens with zero attached hydrogens (tertiary/aromatic N) is 1. The first-order chi connectivity index (χ1) is 13.1. The minimum atomic E-state index is -0.751. The van der Waals surface area contributed by atoms with E-state index >= 15 is 0 Å². The summed E-state index contributed by atoms with van der Waals surface area (Å²) < 4.78 is 6.86. The molecule has 1 aliphatic carbocycles. The monoisotopic (exact) mass is 394 g/mol. The molecule has 1 N–H and O–H groups in total. The Labute approximate surface area is 171 Å². The lowest BCUT2D eigenvalue weighted by atomic mass is 9.72. The molecule has 5 nitrogen and oxygen atoms in total. The smallest absolute Gasteiger partial charge is 0.254 e. The third-order valence-corrected chi connectivity index (χ3v) is 7.03. The van der Waals surface area contributed by atoms with Crippen LogP contribution in [0.5, 0.6) is 0 Å². The summed E-state index contributed by atoms with van der Waals surface area (Å²) >= 11 is 0. The second-order valence-electron chi connectivity index (χ2n) is 10.7. The molecular weight excluding hydrogens is 352 g/mol. The number of amides is 1. The number of carbonyl (C=O) groups excluding carboxylic acids is 1. The fourth-order valence-corrected chi connectivity index (χ4v) is 6.33. The maximum Gasteiger partial charge on any atom is 0.254 e. The first-order valence-electron chi connectivity index (χ1n) is 11.5. The summed E-state index contributed by atoms with van der Waals surface area (Å²) in [5, 5.41) is 5.42. The number of hydrogen-bond donors (Lipinski definition) is 1. The van der Waals surface area contributed by atoms with E-state index in [2.05, 4.69) is 33.0 Å². The minimum absolute atomic E-state index is 0.0940. The lowest BCUT2D eigenvalue weighted by Crippen LogP contribution is -2.66. The maximum atomic E-state index is 13.4. The number of hydroxylamine groups is 2. The van der Waals surface area contributed by atoms with E-state index in [4.69, 9.17) is 9.57 Å². The Balaban J connectivity index is 1.81. The van der Waals surface area contributed by atoms with Crippen molar-refractivity contribution in [1.82, 2.24) is 10.4 Å². The molecule has 3 aliphatic rings. The summed E-state index contributed by atoms with van der Waals surface area (Å²) in [4.78, 5) is 19.1. The van der Waals surface area contributed by atoms with Crippen LogP contribution in [-0.2, 0) is 14.4 Å². The zero-order valence-corrected chi connectivity index (χ0v) is 18.9. The molecule has 2 heterocycles. The van der Waals surface area contributed by atoms with Crippen LogP contribution in [0, 0.1) is 0 Å². The van der Waals surface area contributed by atoms with Crippen molar-refractivity contribution in [1.29, 1.82) is 0 Å². The molecule has 0 aromatic carbocycles. The number of rotatable bonds is 1. The van der Waals surface area contributed by atoms with Crippen LogP contribution in [-0.4, -0.2) is 40.5 Å². The molecule has 0 unspecified atom stereocenters. The second kappa shape index (κ2) is 8.23. The van der Waals surface area contributed by atoms with Crippen molar-refractivity contribution in [3.8, 4) is 0 Å². The number of carbonyl (C=O) groups is 1. The Morgan fingerprint density at radius 2 is 1.25 bits per heavy atom. The van der Waals surface area contributed by atoms with Gasteiger partial charge in [-0.3, -0.25) is 4.79 Å². The van der Waals surface area contributed by atoms with Crippen molar-refractivity contribution in [2.45, 2.75) is 134 Å². The lowest BCUT2D eigenvalue weighted by molar-refractivity contribution is -0.296.